The Morgan fingerprint density at radius 3 is 2.81 bits per heavy atom. The average Bonchev–Trinajstić information content (AvgIpc) is 2.26. The molecule has 0 aliphatic heterocycles. The third kappa shape index (κ3) is 1.62. The molecule has 8 heteroatoms. The van der Waals surface area contributed by atoms with Gasteiger partial charge in [0.1, 0.15) is 11.3 Å². The highest BCUT2D eigenvalue weighted by Gasteiger charge is 2.15. The highest BCUT2D eigenvalue weighted by Crippen LogP contribution is 2.31. The Labute approximate surface area is 93.8 Å². The van der Waals surface area contributed by atoms with Gasteiger partial charge in [-0.2, -0.15) is 0 Å². The fraction of sp³-hybridized carbons (Fsp3) is 0. The minimum Gasteiger partial charge on any atom is -0.290 e. The van der Waals surface area contributed by atoms with Gasteiger partial charge in [0.15, 0.2) is 5.82 Å². The van der Waals surface area contributed by atoms with E-state index in [9.17, 15) is 10.1 Å². The number of halogens is 1. The van der Waals surface area contributed by atoms with Gasteiger partial charge in [0, 0.05) is 6.07 Å². The van der Waals surface area contributed by atoms with Crippen LogP contribution in [-0.4, -0.2) is 20.1 Å². The van der Waals surface area contributed by atoms with Crippen LogP contribution in [0.4, 0.5) is 11.5 Å². The summed E-state index contributed by atoms with van der Waals surface area (Å²) in [6.07, 6.45) is 1.21. The van der Waals surface area contributed by atoms with Crippen molar-refractivity contribution in [3.05, 3.63) is 33.6 Å². The van der Waals surface area contributed by atoms with Gasteiger partial charge in [-0.05, 0) is 6.07 Å². The predicted octanol–water partition coefficient (Wildman–Crippen LogP) is 1.99. The van der Waals surface area contributed by atoms with Gasteiger partial charge in [-0.15, -0.1) is 0 Å². The van der Waals surface area contributed by atoms with Crippen LogP contribution in [0.15, 0.2) is 18.5 Å². The number of nitrogens with zero attached hydrogens (tertiary/aromatic N) is 3. The molecule has 1 aromatic heterocycles. The van der Waals surface area contributed by atoms with Crippen molar-refractivity contribution in [3.63, 3.8) is 0 Å². The molecule has 0 radical (unpaired) electrons. The zero-order chi connectivity index (χ0) is 11.7. The summed E-state index contributed by atoms with van der Waals surface area (Å²) in [6.45, 7) is 0. The van der Waals surface area contributed by atoms with Crippen LogP contribution < -0.4 is 5.48 Å². The molecule has 2 N–H and O–H groups in total. The van der Waals surface area contributed by atoms with Gasteiger partial charge in [0.25, 0.3) is 5.69 Å². The summed E-state index contributed by atoms with van der Waals surface area (Å²) in [5.41, 5.74) is 1.98. The lowest BCUT2D eigenvalue weighted by molar-refractivity contribution is -0.384. The molecule has 0 amide bonds. The number of fused-ring (bicyclic) bond motifs is 1. The Bertz CT molecular complexity index is 574. The SMILES string of the molecule is O=[N+]([O-])c1cc2c(NO)ncnc2cc1Cl. The van der Waals surface area contributed by atoms with Crippen LogP contribution in [0.1, 0.15) is 0 Å². The van der Waals surface area contributed by atoms with Gasteiger partial charge < -0.3 is 0 Å². The molecule has 0 atom stereocenters. The molecule has 0 aliphatic carbocycles. The zero-order valence-electron chi connectivity index (χ0n) is 7.72. The van der Waals surface area contributed by atoms with Crippen molar-refractivity contribution in [2.24, 2.45) is 0 Å². The van der Waals surface area contributed by atoms with E-state index in [-0.39, 0.29) is 16.5 Å². The number of nitro benzene ring substituents is 1. The molecule has 7 nitrogen and oxygen atoms in total. The lowest BCUT2D eigenvalue weighted by Crippen LogP contribution is -1.97. The van der Waals surface area contributed by atoms with Crippen LogP contribution in [0.3, 0.4) is 0 Å². The second-order valence-corrected chi connectivity index (χ2v) is 3.32. The third-order valence-electron chi connectivity index (χ3n) is 2.01. The molecule has 0 saturated heterocycles. The zero-order valence-corrected chi connectivity index (χ0v) is 8.47. The number of anilines is 1. The van der Waals surface area contributed by atoms with Crippen LogP contribution in [0.5, 0.6) is 0 Å². The van der Waals surface area contributed by atoms with Crippen molar-refractivity contribution < 1.29 is 10.1 Å². The van der Waals surface area contributed by atoms with E-state index in [1.54, 1.807) is 0 Å². The van der Waals surface area contributed by atoms with Gasteiger partial charge in [0.05, 0.1) is 15.8 Å². The van der Waals surface area contributed by atoms with E-state index < -0.39 is 4.92 Å². The maximum atomic E-state index is 10.7. The molecule has 0 spiro atoms. The monoisotopic (exact) mass is 240 g/mol. The Morgan fingerprint density at radius 1 is 1.44 bits per heavy atom. The van der Waals surface area contributed by atoms with Gasteiger partial charge in [-0.3, -0.25) is 20.8 Å². The highest BCUT2D eigenvalue weighted by atomic mass is 35.5. The number of benzene rings is 1. The predicted molar refractivity (Wildman–Crippen MR) is 56.6 cm³/mol. The summed E-state index contributed by atoms with van der Waals surface area (Å²) in [6, 6.07) is 2.55. The quantitative estimate of drug-likeness (QED) is 0.615. The van der Waals surface area contributed by atoms with Crippen molar-refractivity contribution in [3.8, 4) is 0 Å². The van der Waals surface area contributed by atoms with Crippen molar-refractivity contribution >= 4 is 34.0 Å². The Hall–Kier alpha value is -1.99. The van der Waals surface area contributed by atoms with E-state index in [1.807, 2.05) is 5.48 Å². The molecule has 0 aliphatic rings. The number of hydrogen-bond donors (Lipinski definition) is 2. The maximum Gasteiger partial charge on any atom is 0.288 e. The summed E-state index contributed by atoms with van der Waals surface area (Å²) >= 11 is 5.71. The molecule has 0 unspecified atom stereocenters. The third-order valence-corrected chi connectivity index (χ3v) is 2.31. The van der Waals surface area contributed by atoms with Crippen LogP contribution in [-0.2, 0) is 0 Å². The van der Waals surface area contributed by atoms with Gasteiger partial charge in [-0.1, -0.05) is 11.6 Å². The molecule has 2 rings (SSSR count). The Kier molecular flexibility index (Phi) is 2.55. The lowest BCUT2D eigenvalue weighted by atomic mass is 10.2. The molecule has 0 bridgehead atoms. The van der Waals surface area contributed by atoms with Crippen LogP contribution in [0, 0.1) is 10.1 Å². The summed E-state index contributed by atoms with van der Waals surface area (Å²) in [4.78, 5) is 17.6. The maximum absolute atomic E-state index is 10.7. The fourth-order valence-corrected chi connectivity index (χ4v) is 1.52. The van der Waals surface area contributed by atoms with E-state index in [4.69, 9.17) is 16.8 Å². The number of nitro groups is 1. The first-order valence-electron chi connectivity index (χ1n) is 4.12. The van der Waals surface area contributed by atoms with E-state index in [0.29, 0.717) is 10.9 Å². The molecule has 16 heavy (non-hydrogen) atoms. The molecule has 0 fully saturated rings. The molecule has 1 heterocycles. The minimum atomic E-state index is -0.615. The molecule has 1 aromatic carbocycles. The highest BCUT2D eigenvalue weighted by molar-refractivity contribution is 6.33. The first-order valence-corrected chi connectivity index (χ1v) is 4.50. The standard InChI is InChI=1S/C8H5ClN4O3/c9-5-2-6-4(1-7(5)13(15)16)8(12-14)11-3-10-6/h1-3,14H,(H,10,11,12). The summed E-state index contributed by atoms with van der Waals surface area (Å²) < 4.78 is 0. The van der Waals surface area contributed by atoms with E-state index >= 15 is 0 Å². The van der Waals surface area contributed by atoms with Crippen LogP contribution in [0.2, 0.25) is 5.02 Å². The first kappa shape index (κ1) is 10.5. The topological polar surface area (TPSA) is 101 Å². The van der Waals surface area contributed by atoms with Gasteiger partial charge >= 0.3 is 0 Å². The second-order valence-electron chi connectivity index (χ2n) is 2.91. The molecular weight excluding hydrogens is 236 g/mol. The normalized spacial score (nSPS) is 10.4. The van der Waals surface area contributed by atoms with E-state index in [2.05, 4.69) is 9.97 Å². The lowest BCUT2D eigenvalue weighted by Gasteiger charge is -2.03. The van der Waals surface area contributed by atoms with Crippen molar-refractivity contribution in [1.82, 2.24) is 9.97 Å². The van der Waals surface area contributed by atoms with Crippen molar-refractivity contribution in [2.75, 3.05) is 5.48 Å². The first-order chi connectivity index (χ1) is 7.63. The Morgan fingerprint density at radius 2 is 2.19 bits per heavy atom. The molecular formula is C8H5ClN4O3. The van der Waals surface area contributed by atoms with Crippen molar-refractivity contribution in [1.29, 1.82) is 0 Å². The summed E-state index contributed by atoms with van der Waals surface area (Å²) in [7, 11) is 0. The van der Waals surface area contributed by atoms with E-state index in [1.165, 1.54) is 18.5 Å². The van der Waals surface area contributed by atoms with Crippen molar-refractivity contribution in [2.45, 2.75) is 0 Å². The molecule has 0 saturated carbocycles. The second kappa shape index (κ2) is 3.87. The van der Waals surface area contributed by atoms with Gasteiger partial charge in [0.2, 0.25) is 0 Å². The largest absolute Gasteiger partial charge is 0.290 e. The minimum absolute atomic E-state index is 0.0138. The Balaban J connectivity index is 2.80. The number of aromatic nitrogens is 2. The smallest absolute Gasteiger partial charge is 0.288 e. The summed E-state index contributed by atoms with van der Waals surface area (Å²) in [5.74, 6) is 0.0877. The average molecular weight is 241 g/mol. The van der Waals surface area contributed by atoms with Crippen LogP contribution in [0.25, 0.3) is 10.9 Å². The van der Waals surface area contributed by atoms with E-state index in [0.717, 1.165) is 0 Å². The number of nitrogens with one attached hydrogen (secondary N) is 1. The molecule has 2 aromatic rings. The fourth-order valence-electron chi connectivity index (χ4n) is 1.30. The van der Waals surface area contributed by atoms with Gasteiger partial charge in [-0.25, -0.2) is 9.97 Å². The summed E-state index contributed by atoms with van der Waals surface area (Å²) in [5, 5.41) is 19.8. The van der Waals surface area contributed by atoms with Crippen LogP contribution >= 0.6 is 11.6 Å². The number of hydrogen-bond acceptors (Lipinski definition) is 6. The number of rotatable bonds is 2. The molecule has 82 valence electrons.